The summed E-state index contributed by atoms with van der Waals surface area (Å²) in [6.07, 6.45) is 5.24. The van der Waals surface area contributed by atoms with Gasteiger partial charge in [-0.1, -0.05) is 91.3 Å². The fraction of sp³-hybridized carbons (Fsp3) is 0.400. The highest BCUT2D eigenvalue weighted by Gasteiger charge is 2.58. The molecule has 3 aliphatic rings. The molecule has 0 spiro atoms. The van der Waals surface area contributed by atoms with Crippen LogP contribution in [-0.2, 0) is 38.7 Å². The van der Waals surface area contributed by atoms with Crippen LogP contribution < -0.4 is 4.74 Å². The van der Waals surface area contributed by atoms with Crippen molar-refractivity contribution in [3.8, 4) is 5.75 Å². The van der Waals surface area contributed by atoms with E-state index in [1.807, 2.05) is 43.3 Å². The lowest BCUT2D eigenvalue weighted by atomic mass is 9.52. The van der Waals surface area contributed by atoms with Gasteiger partial charge in [-0.15, -0.1) is 0 Å². The van der Waals surface area contributed by atoms with Crippen LogP contribution in [0, 0.1) is 30.1 Å². The second-order valence-corrected chi connectivity index (χ2v) is 15.5. The van der Waals surface area contributed by atoms with Gasteiger partial charge in [-0.25, -0.2) is 0 Å². The van der Waals surface area contributed by atoms with Gasteiger partial charge in [-0.05, 0) is 115 Å². The Labute approximate surface area is 274 Å². The first-order valence-electron chi connectivity index (χ1n) is 16.7. The largest absolute Gasteiger partial charge is 0.489 e. The third-order valence-electron chi connectivity index (χ3n) is 11.0. The lowest BCUT2D eigenvalue weighted by Crippen LogP contribution is -2.49. The zero-order chi connectivity index (χ0) is 31.7. The lowest BCUT2D eigenvalue weighted by molar-refractivity contribution is -0.0911. The SMILES string of the molecule is Cc1ccc(S(=O)(=O)OC[C@H]2C[C@]3(C)[C@@H](OCc4ccccc4)CC[C@H]3[C@@H]3CCc4cc(OCc5ccccc5)ccc4[C@@H]23)cc1. The van der Waals surface area contributed by atoms with Crippen molar-refractivity contribution in [2.75, 3.05) is 6.61 Å². The van der Waals surface area contributed by atoms with Crippen molar-refractivity contribution in [2.24, 2.45) is 23.2 Å². The second kappa shape index (κ2) is 13.0. The number of ether oxygens (including phenoxy) is 2. The third-order valence-corrected chi connectivity index (χ3v) is 12.3. The van der Waals surface area contributed by atoms with Gasteiger partial charge in [-0.2, -0.15) is 8.42 Å². The molecule has 0 N–H and O–H groups in total. The highest BCUT2D eigenvalue weighted by Crippen LogP contribution is 2.63. The summed E-state index contributed by atoms with van der Waals surface area (Å²) in [5.74, 6) is 2.12. The van der Waals surface area contributed by atoms with Crippen molar-refractivity contribution in [1.82, 2.24) is 0 Å². The summed E-state index contributed by atoms with van der Waals surface area (Å²) in [5.41, 5.74) is 5.94. The molecule has 0 radical (unpaired) electrons. The van der Waals surface area contributed by atoms with Gasteiger partial charge in [0.1, 0.15) is 12.4 Å². The highest BCUT2D eigenvalue weighted by atomic mass is 32.2. The van der Waals surface area contributed by atoms with Crippen LogP contribution >= 0.6 is 0 Å². The van der Waals surface area contributed by atoms with E-state index in [4.69, 9.17) is 13.7 Å². The average Bonchev–Trinajstić information content (AvgIpc) is 3.41. The number of hydrogen-bond donors (Lipinski definition) is 0. The van der Waals surface area contributed by atoms with Crippen molar-refractivity contribution in [2.45, 2.75) is 76.1 Å². The second-order valence-electron chi connectivity index (χ2n) is 13.9. The minimum atomic E-state index is -3.88. The van der Waals surface area contributed by atoms with Crippen LogP contribution in [0.25, 0.3) is 0 Å². The Kier molecular flexibility index (Phi) is 8.79. The van der Waals surface area contributed by atoms with Gasteiger partial charge in [0, 0.05) is 0 Å². The summed E-state index contributed by atoms with van der Waals surface area (Å²) in [6, 6.07) is 34.1. The molecule has 0 amide bonds. The van der Waals surface area contributed by atoms with Crippen LogP contribution in [0.15, 0.2) is 108 Å². The van der Waals surface area contributed by atoms with E-state index in [1.54, 1.807) is 12.1 Å². The van der Waals surface area contributed by atoms with E-state index in [0.717, 1.165) is 49.0 Å². The van der Waals surface area contributed by atoms with Gasteiger partial charge in [0.2, 0.25) is 0 Å². The van der Waals surface area contributed by atoms with Gasteiger partial charge < -0.3 is 9.47 Å². The van der Waals surface area contributed by atoms with Crippen molar-refractivity contribution in [1.29, 1.82) is 0 Å². The maximum atomic E-state index is 13.4. The fourth-order valence-corrected chi connectivity index (χ4v) is 9.77. The van der Waals surface area contributed by atoms with Gasteiger partial charge in [0.15, 0.2) is 0 Å². The van der Waals surface area contributed by atoms with Crippen LogP contribution in [0.4, 0.5) is 0 Å². The van der Waals surface area contributed by atoms with Crippen molar-refractivity contribution >= 4 is 10.1 Å². The molecule has 0 aromatic heterocycles. The average molecular weight is 637 g/mol. The van der Waals surface area contributed by atoms with E-state index in [-0.39, 0.29) is 34.9 Å². The molecule has 3 aliphatic carbocycles. The number of hydrogen-bond acceptors (Lipinski definition) is 5. The standard InChI is InChI=1S/C40H44O5S/c1-28-13-17-34(18-14-28)46(41,42)45-27-32-24-40(2)37(21-22-38(40)44-26-30-11-7-4-8-12-30)36-19-15-31-23-33(16-20-35(31)39(32)36)43-25-29-9-5-3-6-10-29/h3-14,16-18,20,23,32,36-39H,15,19,21-22,24-27H2,1-2H3/t32-,36+,37+,38+,39-,40+/m1/s1. The molecular weight excluding hydrogens is 593 g/mol. The number of fused-ring (bicyclic) bond motifs is 5. The summed E-state index contributed by atoms with van der Waals surface area (Å²) < 4.78 is 45.6. The molecule has 2 saturated carbocycles. The molecule has 4 aromatic rings. The van der Waals surface area contributed by atoms with Crippen LogP contribution in [0.1, 0.15) is 66.3 Å². The molecule has 6 heteroatoms. The number of rotatable bonds is 10. The Morgan fingerprint density at radius 3 is 2.22 bits per heavy atom. The topological polar surface area (TPSA) is 61.8 Å². The predicted octanol–water partition coefficient (Wildman–Crippen LogP) is 8.65. The Bertz CT molecular complexity index is 1740. The predicted molar refractivity (Wildman–Crippen MR) is 180 cm³/mol. The van der Waals surface area contributed by atoms with Crippen LogP contribution in [0.3, 0.4) is 0 Å². The lowest BCUT2D eigenvalue weighted by Gasteiger charge is -2.54. The summed E-state index contributed by atoms with van der Waals surface area (Å²) >= 11 is 0. The van der Waals surface area contributed by atoms with Gasteiger partial charge in [0.05, 0.1) is 24.2 Å². The summed E-state index contributed by atoms with van der Waals surface area (Å²) in [7, 11) is -3.88. The van der Waals surface area contributed by atoms with E-state index in [9.17, 15) is 8.42 Å². The van der Waals surface area contributed by atoms with E-state index in [1.165, 1.54) is 16.7 Å². The minimum absolute atomic E-state index is 0.0440. The molecule has 4 aromatic carbocycles. The molecule has 0 unspecified atom stereocenters. The molecule has 46 heavy (non-hydrogen) atoms. The monoisotopic (exact) mass is 636 g/mol. The first-order valence-corrected chi connectivity index (χ1v) is 18.1. The van der Waals surface area contributed by atoms with E-state index >= 15 is 0 Å². The first kappa shape index (κ1) is 31.2. The van der Waals surface area contributed by atoms with Crippen LogP contribution in [0.2, 0.25) is 0 Å². The van der Waals surface area contributed by atoms with Gasteiger partial charge >= 0.3 is 0 Å². The maximum absolute atomic E-state index is 13.4. The zero-order valence-corrected chi connectivity index (χ0v) is 27.6. The molecule has 5 nitrogen and oxygen atoms in total. The number of aryl methyl sites for hydroxylation is 2. The molecule has 2 fully saturated rings. The molecule has 7 rings (SSSR count). The van der Waals surface area contributed by atoms with Crippen LogP contribution in [-0.4, -0.2) is 21.1 Å². The molecule has 6 atom stereocenters. The first-order chi connectivity index (χ1) is 22.3. The maximum Gasteiger partial charge on any atom is 0.296 e. The zero-order valence-electron chi connectivity index (χ0n) is 26.8. The normalized spacial score (nSPS) is 27.0. The molecule has 0 bridgehead atoms. The Morgan fingerprint density at radius 2 is 1.50 bits per heavy atom. The molecule has 0 aliphatic heterocycles. The highest BCUT2D eigenvalue weighted by molar-refractivity contribution is 7.86. The van der Waals surface area contributed by atoms with Gasteiger partial charge in [-0.3, -0.25) is 4.18 Å². The van der Waals surface area contributed by atoms with Gasteiger partial charge in [0.25, 0.3) is 10.1 Å². The minimum Gasteiger partial charge on any atom is -0.489 e. The third kappa shape index (κ3) is 6.27. The summed E-state index contributed by atoms with van der Waals surface area (Å²) in [6.45, 7) is 5.64. The van der Waals surface area contributed by atoms with Crippen LogP contribution in [0.5, 0.6) is 5.75 Å². The van der Waals surface area contributed by atoms with Crippen molar-refractivity contribution in [3.05, 3.63) is 131 Å². The smallest absolute Gasteiger partial charge is 0.296 e. The Balaban J connectivity index is 1.16. The number of benzene rings is 4. The van der Waals surface area contributed by atoms with Crippen molar-refractivity contribution < 1.29 is 22.1 Å². The summed E-state index contributed by atoms with van der Waals surface area (Å²) in [5, 5.41) is 0. The molecular formula is C40H44O5S. The molecule has 0 saturated heterocycles. The van der Waals surface area contributed by atoms with Crippen molar-refractivity contribution in [3.63, 3.8) is 0 Å². The van der Waals surface area contributed by atoms with E-state index in [2.05, 4.69) is 61.5 Å². The molecule has 0 heterocycles. The quantitative estimate of drug-likeness (QED) is 0.163. The summed E-state index contributed by atoms with van der Waals surface area (Å²) in [4.78, 5) is 0.212. The Hall–Kier alpha value is -3.45. The fourth-order valence-electron chi connectivity index (χ4n) is 8.81. The molecule has 240 valence electrons. The Morgan fingerprint density at radius 1 is 0.804 bits per heavy atom. The van der Waals surface area contributed by atoms with E-state index < -0.39 is 10.1 Å². The van der Waals surface area contributed by atoms with E-state index in [0.29, 0.717) is 25.0 Å².